The number of hydrogen-bond donors (Lipinski definition) is 0. The van der Waals surface area contributed by atoms with Crippen molar-refractivity contribution in [3.05, 3.63) is 0 Å². The zero-order valence-electron chi connectivity index (χ0n) is 7.21. The first-order chi connectivity index (χ1) is 5.34. The minimum atomic E-state index is -0.750. The average Bonchev–Trinajstić information content (AvgIpc) is 2.07. The monoisotopic (exact) mass is 157 g/mol. The van der Waals surface area contributed by atoms with E-state index in [0.717, 1.165) is 12.8 Å². The topological polar surface area (TPSA) is 29.1 Å². The molecule has 0 aromatic carbocycles. The molecule has 1 fully saturated rings. The van der Waals surface area contributed by atoms with Gasteiger partial charge in [0.2, 0.25) is 0 Å². The first-order valence-corrected chi connectivity index (χ1v) is 4.62. The third-order valence-electron chi connectivity index (χ3n) is 2.37. The second-order valence-corrected chi connectivity index (χ2v) is 3.22. The summed E-state index contributed by atoms with van der Waals surface area (Å²) in [6.07, 6.45) is 5.14. The van der Waals surface area contributed by atoms with Gasteiger partial charge in [-0.25, -0.2) is 5.11 Å². The quantitative estimate of drug-likeness (QED) is 0.578. The largest absolute Gasteiger partial charge is 0.350 e. The van der Waals surface area contributed by atoms with Crippen molar-refractivity contribution in [1.29, 1.82) is 0 Å². The van der Waals surface area contributed by atoms with E-state index >= 15 is 0 Å². The lowest BCUT2D eigenvalue weighted by Gasteiger charge is -2.24. The van der Waals surface area contributed by atoms with E-state index in [9.17, 15) is 5.11 Å². The van der Waals surface area contributed by atoms with Crippen molar-refractivity contribution >= 4 is 0 Å². The molecule has 0 N–H and O–H groups in total. The van der Waals surface area contributed by atoms with Gasteiger partial charge in [0.1, 0.15) is 0 Å². The highest BCUT2D eigenvalue weighted by Gasteiger charge is 2.22. The second-order valence-electron chi connectivity index (χ2n) is 3.22. The van der Waals surface area contributed by atoms with E-state index in [1.807, 2.05) is 6.92 Å². The summed E-state index contributed by atoms with van der Waals surface area (Å²) in [6, 6.07) is 0. The van der Waals surface area contributed by atoms with E-state index in [-0.39, 0.29) is 0 Å². The van der Waals surface area contributed by atoms with Crippen molar-refractivity contribution in [1.82, 2.24) is 0 Å². The molecular weight excluding hydrogens is 140 g/mol. The van der Waals surface area contributed by atoms with Crippen LogP contribution in [-0.4, -0.2) is 12.9 Å². The predicted octanol–water partition coefficient (Wildman–Crippen LogP) is 2.36. The third kappa shape index (κ3) is 2.80. The molecular formula is C9H17O2. The van der Waals surface area contributed by atoms with Crippen LogP contribution in [-0.2, 0) is 9.84 Å². The van der Waals surface area contributed by atoms with Gasteiger partial charge in [-0.15, -0.1) is 0 Å². The van der Waals surface area contributed by atoms with Crippen molar-refractivity contribution in [2.75, 3.05) is 6.61 Å². The minimum Gasteiger partial charge on any atom is -0.350 e. The van der Waals surface area contributed by atoms with Crippen LogP contribution in [0, 0.1) is 5.92 Å². The van der Waals surface area contributed by atoms with Gasteiger partial charge in [-0.2, -0.15) is 0 Å². The summed E-state index contributed by atoms with van der Waals surface area (Å²) < 4.78 is 5.03. The first-order valence-electron chi connectivity index (χ1n) is 4.62. The molecule has 0 spiro atoms. The molecule has 0 aliphatic heterocycles. The Labute approximate surface area is 68.6 Å². The van der Waals surface area contributed by atoms with Crippen LogP contribution in [0.1, 0.15) is 39.0 Å². The summed E-state index contributed by atoms with van der Waals surface area (Å²) in [5, 5.41) is 11.3. The Bertz CT molecular complexity index is 97.7. The van der Waals surface area contributed by atoms with Crippen LogP contribution in [0.25, 0.3) is 0 Å². The lowest BCUT2D eigenvalue weighted by atomic mass is 9.89. The highest BCUT2D eigenvalue weighted by molar-refractivity contribution is 4.67. The van der Waals surface area contributed by atoms with Gasteiger partial charge in [0.25, 0.3) is 0 Å². The molecule has 2 nitrogen and oxygen atoms in total. The van der Waals surface area contributed by atoms with Crippen LogP contribution in [0.4, 0.5) is 0 Å². The highest BCUT2D eigenvalue weighted by Crippen LogP contribution is 2.26. The normalized spacial score (nSPS) is 23.5. The maximum atomic E-state index is 11.3. The molecule has 1 unspecified atom stereocenters. The molecule has 0 bridgehead atoms. The molecule has 0 heterocycles. The van der Waals surface area contributed by atoms with Gasteiger partial charge in [-0.05, 0) is 19.8 Å². The molecule has 1 rings (SSSR count). The maximum Gasteiger partial charge on any atom is 0.194 e. The summed E-state index contributed by atoms with van der Waals surface area (Å²) >= 11 is 0. The van der Waals surface area contributed by atoms with Crippen LogP contribution < -0.4 is 0 Å². The van der Waals surface area contributed by atoms with E-state index in [2.05, 4.69) is 0 Å². The van der Waals surface area contributed by atoms with E-state index in [0.29, 0.717) is 12.5 Å². The molecule has 0 amide bonds. The van der Waals surface area contributed by atoms with Gasteiger partial charge >= 0.3 is 0 Å². The Morgan fingerprint density at radius 2 is 2.00 bits per heavy atom. The molecule has 2 heteroatoms. The van der Waals surface area contributed by atoms with Gasteiger partial charge in [-0.3, -0.25) is 0 Å². The number of hydrogen-bond acceptors (Lipinski definition) is 1. The summed E-state index contributed by atoms with van der Waals surface area (Å²) in [5.74, 6) is 0.295. The predicted molar refractivity (Wildman–Crippen MR) is 42.7 cm³/mol. The van der Waals surface area contributed by atoms with E-state index < -0.39 is 6.29 Å². The van der Waals surface area contributed by atoms with Crippen molar-refractivity contribution in [3.63, 3.8) is 0 Å². The maximum absolute atomic E-state index is 11.3. The molecule has 1 saturated carbocycles. The lowest BCUT2D eigenvalue weighted by Crippen LogP contribution is -2.24. The zero-order valence-corrected chi connectivity index (χ0v) is 7.21. The van der Waals surface area contributed by atoms with E-state index in [1.165, 1.54) is 19.3 Å². The molecule has 1 aliphatic carbocycles. The second kappa shape index (κ2) is 4.73. The van der Waals surface area contributed by atoms with Crippen molar-refractivity contribution in [2.24, 2.45) is 5.92 Å². The van der Waals surface area contributed by atoms with Gasteiger partial charge in [0.05, 0.1) is 0 Å². The van der Waals surface area contributed by atoms with Gasteiger partial charge in [0, 0.05) is 12.5 Å². The Morgan fingerprint density at radius 1 is 1.36 bits per heavy atom. The summed E-state index contributed by atoms with van der Waals surface area (Å²) in [6.45, 7) is 2.44. The molecule has 1 aliphatic rings. The van der Waals surface area contributed by atoms with E-state index in [1.54, 1.807) is 0 Å². The molecule has 65 valence electrons. The van der Waals surface area contributed by atoms with Crippen molar-refractivity contribution < 1.29 is 9.84 Å². The minimum absolute atomic E-state index is 0.295. The Hall–Kier alpha value is -0.0800. The van der Waals surface area contributed by atoms with Crippen molar-refractivity contribution in [2.45, 2.75) is 45.3 Å². The fraction of sp³-hybridized carbons (Fsp3) is 1.00. The molecule has 11 heavy (non-hydrogen) atoms. The average molecular weight is 157 g/mol. The SMILES string of the molecule is CCOC([O])C1CCCCC1. The summed E-state index contributed by atoms with van der Waals surface area (Å²) in [4.78, 5) is 0. The molecule has 0 saturated heterocycles. The Balaban J connectivity index is 2.21. The summed E-state index contributed by atoms with van der Waals surface area (Å²) in [5.41, 5.74) is 0. The molecule has 1 radical (unpaired) electrons. The van der Waals surface area contributed by atoms with Crippen LogP contribution in [0.5, 0.6) is 0 Å². The van der Waals surface area contributed by atoms with Gasteiger partial charge < -0.3 is 4.74 Å². The number of rotatable bonds is 3. The lowest BCUT2D eigenvalue weighted by molar-refractivity contribution is -0.174. The Morgan fingerprint density at radius 3 is 2.55 bits per heavy atom. The smallest absolute Gasteiger partial charge is 0.194 e. The molecule has 1 atom stereocenters. The summed E-state index contributed by atoms with van der Waals surface area (Å²) in [7, 11) is 0. The standard InChI is InChI=1S/C9H17O2/c1-2-11-9(10)8-6-4-3-5-7-8/h8-9H,2-7H2,1H3. The zero-order chi connectivity index (χ0) is 8.10. The fourth-order valence-electron chi connectivity index (χ4n) is 1.71. The van der Waals surface area contributed by atoms with Gasteiger partial charge in [0.15, 0.2) is 6.29 Å². The third-order valence-corrected chi connectivity index (χ3v) is 2.37. The molecule has 0 aromatic heterocycles. The number of ether oxygens (including phenoxy) is 1. The first kappa shape index (κ1) is 9.01. The van der Waals surface area contributed by atoms with Crippen LogP contribution >= 0.6 is 0 Å². The van der Waals surface area contributed by atoms with Crippen LogP contribution in [0.2, 0.25) is 0 Å². The molecule has 0 aromatic rings. The van der Waals surface area contributed by atoms with Crippen LogP contribution in [0.3, 0.4) is 0 Å². The fourth-order valence-corrected chi connectivity index (χ4v) is 1.71. The highest BCUT2D eigenvalue weighted by atomic mass is 16.6. The van der Waals surface area contributed by atoms with Crippen LogP contribution in [0.15, 0.2) is 0 Å². The van der Waals surface area contributed by atoms with Crippen molar-refractivity contribution in [3.8, 4) is 0 Å². The van der Waals surface area contributed by atoms with E-state index in [4.69, 9.17) is 4.74 Å². The Kier molecular flexibility index (Phi) is 3.87. The van der Waals surface area contributed by atoms with Gasteiger partial charge in [-0.1, -0.05) is 19.3 Å².